The zero-order valence-corrected chi connectivity index (χ0v) is 15.8. The van der Waals surface area contributed by atoms with Gasteiger partial charge in [0.05, 0.1) is 28.5 Å². The third-order valence-corrected chi connectivity index (χ3v) is 6.03. The molecule has 1 aliphatic rings. The number of likely N-dealkylation sites (tertiary alicyclic amines) is 1. The predicted octanol–water partition coefficient (Wildman–Crippen LogP) is 4.51. The van der Waals surface area contributed by atoms with Crippen LogP contribution in [0, 0.1) is 0 Å². The molecule has 5 nitrogen and oxygen atoms in total. The number of pyridine rings is 1. The van der Waals surface area contributed by atoms with E-state index in [0.717, 1.165) is 36.3 Å². The molecule has 0 aliphatic carbocycles. The quantitative estimate of drug-likeness (QED) is 0.670. The summed E-state index contributed by atoms with van der Waals surface area (Å²) in [5.41, 5.74) is 1.58. The largest absolute Gasteiger partial charge is 0.322 e. The SMILES string of the molecule is O=C(CN1CCCC[C@H]1c1nc2ccccc2s1)Nc1cccnc1Cl. The first-order valence-electron chi connectivity index (χ1n) is 8.70. The number of piperidine rings is 1. The average Bonchev–Trinajstić information content (AvgIpc) is 3.08. The van der Waals surface area contributed by atoms with Gasteiger partial charge in [0.2, 0.25) is 5.91 Å². The van der Waals surface area contributed by atoms with Gasteiger partial charge in [0, 0.05) is 6.20 Å². The van der Waals surface area contributed by atoms with Crippen molar-refractivity contribution >= 4 is 44.7 Å². The summed E-state index contributed by atoms with van der Waals surface area (Å²) in [6, 6.07) is 11.9. The Balaban J connectivity index is 1.50. The van der Waals surface area contributed by atoms with Crippen LogP contribution in [0.3, 0.4) is 0 Å². The molecule has 4 rings (SSSR count). The lowest BCUT2D eigenvalue weighted by molar-refractivity contribution is -0.118. The molecule has 1 amide bonds. The van der Waals surface area contributed by atoms with Crippen molar-refractivity contribution in [2.24, 2.45) is 0 Å². The second-order valence-electron chi connectivity index (χ2n) is 6.39. The second-order valence-corrected chi connectivity index (χ2v) is 7.81. The first-order chi connectivity index (χ1) is 12.7. The van der Waals surface area contributed by atoms with Gasteiger partial charge in [-0.25, -0.2) is 9.97 Å². The van der Waals surface area contributed by atoms with Crippen LogP contribution < -0.4 is 5.32 Å². The number of halogens is 1. The average molecular weight is 387 g/mol. The number of carbonyl (C=O) groups excluding carboxylic acids is 1. The molecule has 0 saturated carbocycles. The van der Waals surface area contributed by atoms with E-state index in [1.807, 2.05) is 18.2 Å². The number of hydrogen-bond donors (Lipinski definition) is 1. The van der Waals surface area contributed by atoms with Crippen LogP contribution in [0.2, 0.25) is 5.15 Å². The van der Waals surface area contributed by atoms with Crippen LogP contribution in [0.1, 0.15) is 30.3 Å². The number of hydrogen-bond acceptors (Lipinski definition) is 5. The maximum atomic E-state index is 12.5. The van der Waals surface area contributed by atoms with Gasteiger partial charge < -0.3 is 5.32 Å². The van der Waals surface area contributed by atoms with Crippen molar-refractivity contribution in [3.05, 3.63) is 52.8 Å². The van der Waals surface area contributed by atoms with Gasteiger partial charge in [0.25, 0.3) is 0 Å². The summed E-state index contributed by atoms with van der Waals surface area (Å²) in [7, 11) is 0. The van der Waals surface area contributed by atoms with Crippen LogP contribution >= 0.6 is 22.9 Å². The number of benzene rings is 1. The fraction of sp³-hybridized carbons (Fsp3) is 0.316. The molecular weight excluding hydrogens is 368 g/mol. The molecule has 1 aromatic carbocycles. The number of fused-ring (bicyclic) bond motifs is 1. The summed E-state index contributed by atoms with van der Waals surface area (Å²) in [4.78, 5) is 23.5. The Morgan fingerprint density at radius 3 is 3.00 bits per heavy atom. The number of rotatable bonds is 4. The minimum Gasteiger partial charge on any atom is -0.322 e. The maximum absolute atomic E-state index is 12.5. The molecule has 1 aliphatic heterocycles. The van der Waals surface area contributed by atoms with E-state index in [0.29, 0.717) is 17.4 Å². The molecule has 1 saturated heterocycles. The van der Waals surface area contributed by atoms with Gasteiger partial charge in [0.1, 0.15) is 5.01 Å². The molecule has 3 heterocycles. The topological polar surface area (TPSA) is 58.1 Å². The number of carbonyl (C=O) groups is 1. The zero-order valence-electron chi connectivity index (χ0n) is 14.2. The van der Waals surface area contributed by atoms with Crippen LogP contribution in [0.25, 0.3) is 10.2 Å². The second kappa shape index (κ2) is 7.70. The summed E-state index contributed by atoms with van der Waals surface area (Å²) < 4.78 is 1.19. The number of nitrogens with zero attached hydrogens (tertiary/aromatic N) is 3. The fourth-order valence-corrected chi connectivity index (χ4v) is 4.65. The first kappa shape index (κ1) is 17.4. The van der Waals surface area contributed by atoms with E-state index in [2.05, 4.69) is 21.3 Å². The van der Waals surface area contributed by atoms with E-state index < -0.39 is 0 Å². The van der Waals surface area contributed by atoms with Crippen LogP contribution in [0.15, 0.2) is 42.6 Å². The smallest absolute Gasteiger partial charge is 0.238 e. The molecule has 0 radical (unpaired) electrons. The van der Waals surface area contributed by atoms with E-state index in [9.17, 15) is 4.79 Å². The van der Waals surface area contributed by atoms with E-state index >= 15 is 0 Å². The van der Waals surface area contributed by atoms with Crippen molar-refractivity contribution in [3.63, 3.8) is 0 Å². The maximum Gasteiger partial charge on any atom is 0.238 e. The molecular formula is C19H19ClN4OS. The van der Waals surface area contributed by atoms with Crippen molar-refractivity contribution < 1.29 is 4.79 Å². The van der Waals surface area contributed by atoms with Crippen LogP contribution in [0.4, 0.5) is 5.69 Å². The zero-order chi connectivity index (χ0) is 17.9. The molecule has 0 bridgehead atoms. The highest BCUT2D eigenvalue weighted by Gasteiger charge is 2.28. The Labute approximate surface area is 161 Å². The Morgan fingerprint density at radius 1 is 1.27 bits per heavy atom. The summed E-state index contributed by atoms with van der Waals surface area (Å²) in [6.07, 6.45) is 4.89. The lowest BCUT2D eigenvalue weighted by Crippen LogP contribution is -2.39. The van der Waals surface area contributed by atoms with Crippen LogP contribution in [-0.2, 0) is 4.79 Å². The third kappa shape index (κ3) is 3.72. The molecule has 3 aromatic rings. The normalized spacial score (nSPS) is 18.1. The van der Waals surface area contributed by atoms with Crippen molar-refractivity contribution in [3.8, 4) is 0 Å². The monoisotopic (exact) mass is 386 g/mol. The number of para-hydroxylation sites is 1. The fourth-order valence-electron chi connectivity index (χ4n) is 3.35. The van der Waals surface area contributed by atoms with Crippen LogP contribution in [-0.4, -0.2) is 33.9 Å². The van der Waals surface area contributed by atoms with Gasteiger partial charge in [-0.3, -0.25) is 9.69 Å². The van der Waals surface area contributed by atoms with Gasteiger partial charge in [-0.2, -0.15) is 0 Å². The van der Waals surface area contributed by atoms with Crippen molar-refractivity contribution in [1.82, 2.24) is 14.9 Å². The molecule has 1 atom stereocenters. The van der Waals surface area contributed by atoms with Crippen molar-refractivity contribution in [1.29, 1.82) is 0 Å². The molecule has 7 heteroatoms. The van der Waals surface area contributed by atoms with Gasteiger partial charge in [-0.15, -0.1) is 11.3 Å². The van der Waals surface area contributed by atoms with Gasteiger partial charge >= 0.3 is 0 Å². The van der Waals surface area contributed by atoms with Crippen molar-refractivity contribution in [2.75, 3.05) is 18.4 Å². The highest BCUT2D eigenvalue weighted by Crippen LogP contribution is 2.35. The number of aromatic nitrogens is 2. The number of nitrogens with one attached hydrogen (secondary N) is 1. The van der Waals surface area contributed by atoms with E-state index in [1.165, 1.54) is 4.70 Å². The minimum atomic E-state index is -0.0760. The number of amides is 1. The lowest BCUT2D eigenvalue weighted by atomic mass is 10.0. The lowest BCUT2D eigenvalue weighted by Gasteiger charge is -2.33. The Hall–Kier alpha value is -2.02. The molecule has 0 spiro atoms. The van der Waals surface area contributed by atoms with Gasteiger partial charge in [-0.1, -0.05) is 30.2 Å². The van der Waals surface area contributed by atoms with E-state index in [4.69, 9.17) is 16.6 Å². The summed E-state index contributed by atoms with van der Waals surface area (Å²) >= 11 is 7.76. The van der Waals surface area contributed by atoms with Gasteiger partial charge in [0.15, 0.2) is 5.15 Å². The molecule has 1 N–H and O–H groups in total. The molecule has 0 unspecified atom stereocenters. The van der Waals surface area contributed by atoms with E-state index in [-0.39, 0.29) is 11.9 Å². The highest BCUT2D eigenvalue weighted by atomic mass is 35.5. The molecule has 1 fully saturated rings. The standard InChI is InChI=1S/C19H19ClN4OS/c20-18-14(7-5-10-21-18)22-17(25)12-24-11-4-3-8-15(24)19-23-13-6-1-2-9-16(13)26-19/h1-2,5-7,9-10,15H,3-4,8,11-12H2,(H,22,25)/t15-/m0/s1. The van der Waals surface area contributed by atoms with Crippen molar-refractivity contribution in [2.45, 2.75) is 25.3 Å². The molecule has 134 valence electrons. The van der Waals surface area contributed by atoms with Crippen LogP contribution in [0.5, 0.6) is 0 Å². The van der Waals surface area contributed by atoms with E-state index in [1.54, 1.807) is 29.7 Å². The Bertz CT molecular complexity index is 896. The van der Waals surface area contributed by atoms with Gasteiger partial charge in [-0.05, 0) is 43.7 Å². The summed E-state index contributed by atoms with van der Waals surface area (Å²) in [5, 5.41) is 4.27. The minimum absolute atomic E-state index is 0.0760. The predicted molar refractivity (Wildman–Crippen MR) is 106 cm³/mol. The molecule has 26 heavy (non-hydrogen) atoms. The third-order valence-electron chi connectivity index (χ3n) is 4.59. The Kier molecular flexibility index (Phi) is 5.15. The molecule has 2 aromatic heterocycles. The summed E-state index contributed by atoms with van der Waals surface area (Å²) in [6.45, 7) is 1.22. The summed E-state index contributed by atoms with van der Waals surface area (Å²) in [5.74, 6) is -0.0760. The first-order valence-corrected chi connectivity index (χ1v) is 9.90. The number of thiazole rings is 1. The number of anilines is 1. The highest BCUT2D eigenvalue weighted by molar-refractivity contribution is 7.18. The Morgan fingerprint density at radius 2 is 2.15 bits per heavy atom.